The number of carbonyl (C=O) groups excluding carboxylic acids is 1. The molecular formula is C21H21N4O2+. The third-order valence-electron chi connectivity index (χ3n) is 4.66. The lowest BCUT2D eigenvalue weighted by Gasteiger charge is -2.11. The summed E-state index contributed by atoms with van der Waals surface area (Å²) in [5, 5.41) is 5.45. The Kier molecular flexibility index (Phi) is 4.33. The summed E-state index contributed by atoms with van der Waals surface area (Å²) >= 11 is 0. The van der Waals surface area contributed by atoms with Crippen LogP contribution in [-0.4, -0.2) is 42.5 Å². The Morgan fingerprint density at radius 1 is 1.11 bits per heavy atom. The van der Waals surface area contributed by atoms with Gasteiger partial charge in [-0.15, -0.1) is 0 Å². The normalized spacial score (nSPS) is 11.5. The molecule has 0 aliphatic carbocycles. The Hall–Kier alpha value is -3.25. The van der Waals surface area contributed by atoms with Gasteiger partial charge in [-0.1, -0.05) is 24.3 Å². The van der Waals surface area contributed by atoms with Gasteiger partial charge in [0.1, 0.15) is 0 Å². The van der Waals surface area contributed by atoms with E-state index in [-0.39, 0.29) is 11.5 Å². The number of hydrogen-bond acceptors (Lipinski definition) is 3. The van der Waals surface area contributed by atoms with Crippen molar-refractivity contribution in [3.05, 3.63) is 70.6 Å². The third-order valence-corrected chi connectivity index (χ3v) is 4.66. The number of benzene rings is 2. The molecule has 0 bridgehead atoms. The van der Waals surface area contributed by atoms with Crippen LogP contribution in [0.25, 0.3) is 27.3 Å². The highest BCUT2D eigenvalue weighted by Gasteiger charge is 2.15. The van der Waals surface area contributed by atoms with Crippen molar-refractivity contribution in [3.8, 4) is 0 Å². The third kappa shape index (κ3) is 3.15. The Morgan fingerprint density at radius 2 is 1.85 bits per heavy atom. The highest BCUT2D eigenvalue weighted by molar-refractivity contribution is 6.02. The second kappa shape index (κ2) is 6.81. The zero-order chi connectivity index (χ0) is 19.0. The van der Waals surface area contributed by atoms with Crippen molar-refractivity contribution in [1.82, 2.24) is 14.7 Å². The highest BCUT2D eigenvalue weighted by Crippen LogP contribution is 2.20. The van der Waals surface area contributed by atoms with Crippen LogP contribution in [-0.2, 0) is 0 Å². The number of likely N-dealkylation sites (N-methyl/N-ethyl adjacent to an activating group) is 1. The number of quaternary nitrogens is 1. The average Bonchev–Trinajstić information content (AvgIpc) is 2.66. The number of hydrogen-bond donors (Lipinski definition) is 2. The molecule has 0 radical (unpaired) electrons. The van der Waals surface area contributed by atoms with Crippen molar-refractivity contribution in [2.75, 3.05) is 27.2 Å². The first-order chi connectivity index (χ1) is 13.0. The first-order valence-electron chi connectivity index (χ1n) is 8.96. The molecule has 4 rings (SSSR count). The summed E-state index contributed by atoms with van der Waals surface area (Å²) in [6.07, 6.45) is 1.65. The van der Waals surface area contributed by atoms with Crippen LogP contribution in [0.4, 0.5) is 0 Å². The van der Waals surface area contributed by atoms with E-state index in [1.54, 1.807) is 18.3 Å². The van der Waals surface area contributed by atoms with Crippen LogP contribution in [0.5, 0.6) is 0 Å². The van der Waals surface area contributed by atoms with Crippen LogP contribution >= 0.6 is 0 Å². The molecular weight excluding hydrogens is 340 g/mol. The predicted octanol–water partition coefficient (Wildman–Crippen LogP) is 0.875. The molecule has 2 heterocycles. The maximum absolute atomic E-state index is 13.0. The van der Waals surface area contributed by atoms with Crippen LogP contribution < -0.4 is 15.8 Å². The van der Waals surface area contributed by atoms with Crippen molar-refractivity contribution in [1.29, 1.82) is 0 Å². The van der Waals surface area contributed by atoms with Crippen LogP contribution in [0.3, 0.4) is 0 Å². The van der Waals surface area contributed by atoms with Crippen molar-refractivity contribution in [2.24, 2.45) is 0 Å². The molecule has 2 aromatic carbocycles. The van der Waals surface area contributed by atoms with Crippen LogP contribution in [0, 0.1) is 0 Å². The van der Waals surface area contributed by atoms with Gasteiger partial charge in [-0.05, 0) is 35.0 Å². The minimum Gasteiger partial charge on any atom is -0.346 e. The van der Waals surface area contributed by atoms with E-state index in [1.165, 1.54) is 9.30 Å². The van der Waals surface area contributed by atoms with Crippen molar-refractivity contribution < 1.29 is 9.69 Å². The molecule has 2 aromatic heterocycles. The van der Waals surface area contributed by atoms with E-state index in [2.05, 4.69) is 10.3 Å². The number of pyridine rings is 1. The lowest BCUT2D eigenvalue weighted by molar-refractivity contribution is -0.856. The van der Waals surface area contributed by atoms with Crippen molar-refractivity contribution in [2.45, 2.75) is 0 Å². The summed E-state index contributed by atoms with van der Waals surface area (Å²) in [6.45, 7) is 1.38. The van der Waals surface area contributed by atoms with Gasteiger partial charge in [0.15, 0.2) is 5.65 Å². The quantitative estimate of drug-likeness (QED) is 0.530. The van der Waals surface area contributed by atoms with Gasteiger partial charge in [-0.2, -0.15) is 0 Å². The second-order valence-corrected chi connectivity index (χ2v) is 6.96. The molecule has 0 aliphatic heterocycles. The van der Waals surface area contributed by atoms with Gasteiger partial charge in [0, 0.05) is 6.20 Å². The number of carbonyl (C=O) groups is 1. The SMILES string of the molecule is C[NH+](C)CCNC(=O)c1cccn2c(=O)c3cc4ccccc4cc3nc12. The van der Waals surface area contributed by atoms with Crippen LogP contribution in [0.1, 0.15) is 10.4 Å². The molecule has 1 amide bonds. The van der Waals surface area contributed by atoms with Gasteiger partial charge in [-0.25, -0.2) is 4.98 Å². The smallest absolute Gasteiger partial charge is 0.265 e. The Balaban J connectivity index is 1.88. The molecule has 6 nitrogen and oxygen atoms in total. The maximum Gasteiger partial charge on any atom is 0.265 e. The number of fused-ring (bicyclic) bond motifs is 3. The average molecular weight is 361 g/mol. The molecule has 0 fully saturated rings. The number of aromatic nitrogens is 2. The van der Waals surface area contributed by atoms with E-state index in [4.69, 9.17) is 0 Å². The zero-order valence-electron chi connectivity index (χ0n) is 15.3. The summed E-state index contributed by atoms with van der Waals surface area (Å²) in [7, 11) is 4.06. The van der Waals surface area contributed by atoms with Crippen LogP contribution in [0.2, 0.25) is 0 Å². The first kappa shape index (κ1) is 17.2. The summed E-state index contributed by atoms with van der Waals surface area (Å²) in [5.74, 6) is -0.221. The van der Waals surface area contributed by atoms with Gasteiger partial charge in [0.25, 0.3) is 11.5 Å². The number of nitrogens with one attached hydrogen (secondary N) is 2. The van der Waals surface area contributed by atoms with Gasteiger partial charge in [-0.3, -0.25) is 14.0 Å². The topological polar surface area (TPSA) is 67.9 Å². The van der Waals surface area contributed by atoms with Gasteiger partial charge >= 0.3 is 0 Å². The minimum absolute atomic E-state index is 0.173. The van der Waals surface area contributed by atoms with E-state index < -0.39 is 0 Å². The fourth-order valence-corrected chi connectivity index (χ4v) is 3.21. The number of nitrogens with zero attached hydrogens (tertiary/aromatic N) is 2. The predicted molar refractivity (Wildman–Crippen MR) is 106 cm³/mol. The zero-order valence-corrected chi connectivity index (χ0v) is 15.3. The first-order valence-corrected chi connectivity index (χ1v) is 8.96. The van der Waals surface area contributed by atoms with E-state index in [9.17, 15) is 9.59 Å². The molecule has 0 atom stereocenters. The summed E-state index contributed by atoms with van der Waals surface area (Å²) in [6, 6.07) is 15.0. The van der Waals surface area contributed by atoms with Gasteiger partial charge in [0.2, 0.25) is 0 Å². The lowest BCUT2D eigenvalue weighted by Crippen LogP contribution is -3.06. The summed E-state index contributed by atoms with van der Waals surface area (Å²) in [4.78, 5) is 31.5. The van der Waals surface area contributed by atoms with Crippen molar-refractivity contribution >= 4 is 33.2 Å². The molecule has 0 spiro atoms. The maximum atomic E-state index is 13.0. The van der Waals surface area contributed by atoms with Crippen molar-refractivity contribution in [3.63, 3.8) is 0 Å². The summed E-state index contributed by atoms with van der Waals surface area (Å²) in [5.41, 5.74) is 1.20. The molecule has 27 heavy (non-hydrogen) atoms. The van der Waals surface area contributed by atoms with E-state index in [0.717, 1.165) is 17.3 Å². The molecule has 136 valence electrons. The van der Waals surface area contributed by atoms with Crippen LogP contribution in [0.15, 0.2) is 59.5 Å². The molecule has 6 heteroatoms. The minimum atomic E-state index is -0.221. The second-order valence-electron chi connectivity index (χ2n) is 6.96. The Morgan fingerprint density at radius 3 is 2.59 bits per heavy atom. The van der Waals surface area contributed by atoms with Gasteiger partial charge in [0.05, 0.1) is 43.7 Å². The molecule has 0 saturated carbocycles. The Labute approximate surface area is 156 Å². The molecule has 2 N–H and O–H groups in total. The summed E-state index contributed by atoms with van der Waals surface area (Å²) < 4.78 is 1.45. The fourth-order valence-electron chi connectivity index (χ4n) is 3.21. The molecule has 4 aromatic rings. The highest BCUT2D eigenvalue weighted by atomic mass is 16.2. The monoisotopic (exact) mass is 361 g/mol. The van der Waals surface area contributed by atoms with E-state index in [1.807, 2.05) is 50.5 Å². The molecule has 0 aliphatic rings. The van der Waals surface area contributed by atoms with E-state index >= 15 is 0 Å². The lowest BCUT2D eigenvalue weighted by atomic mass is 10.1. The molecule has 0 unspecified atom stereocenters. The Bertz CT molecular complexity index is 1230. The number of rotatable bonds is 4. The van der Waals surface area contributed by atoms with E-state index in [0.29, 0.717) is 28.7 Å². The number of amides is 1. The largest absolute Gasteiger partial charge is 0.346 e. The fraction of sp³-hybridized carbons (Fsp3) is 0.190. The standard InChI is InChI=1S/C21H20N4O2/c1-24(2)11-9-22-20(26)16-8-5-10-25-19(16)23-18-13-15-7-4-3-6-14(15)12-17(18)21(25)27/h3-8,10,12-13H,9,11H2,1-2H3,(H,22,26)/p+1. The van der Waals surface area contributed by atoms with Gasteiger partial charge < -0.3 is 10.2 Å². The molecule has 0 saturated heterocycles.